The summed E-state index contributed by atoms with van der Waals surface area (Å²) in [5.74, 6) is 0.398. The number of halogens is 3. The van der Waals surface area contributed by atoms with E-state index in [0.717, 1.165) is 4.47 Å². The Hall–Kier alpha value is -1.89. The summed E-state index contributed by atoms with van der Waals surface area (Å²) in [5, 5.41) is 2.86. The number of aromatic nitrogens is 1. The Morgan fingerprint density at radius 3 is 2.74 bits per heavy atom. The third-order valence-electron chi connectivity index (χ3n) is 2.24. The standard InChI is InChI=1S/C12H10BrF2N3O/c13-7-5-8(16)11(17-6-7)18-9-3-1-2-4-10(9)19-12(14)15/h1-6,12H,16H2,(H,17,18). The van der Waals surface area contributed by atoms with Crippen LogP contribution >= 0.6 is 15.9 Å². The zero-order valence-electron chi connectivity index (χ0n) is 9.61. The smallest absolute Gasteiger partial charge is 0.387 e. The van der Waals surface area contributed by atoms with Crippen molar-refractivity contribution in [3.63, 3.8) is 0 Å². The van der Waals surface area contributed by atoms with Crippen LogP contribution in [0.3, 0.4) is 0 Å². The van der Waals surface area contributed by atoms with Crippen LogP contribution in [0, 0.1) is 0 Å². The summed E-state index contributed by atoms with van der Waals surface area (Å²) in [6.07, 6.45) is 1.55. The van der Waals surface area contributed by atoms with Gasteiger partial charge in [-0.25, -0.2) is 4.98 Å². The van der Waals surface area contributed by atoms with Crippen LogP contribution in [0.15, 0.2) is 41.0 Å². The Morgan fingerprint density at radius 1 is 1.32 bits per heavy atom. The molecule has 0 radical (unpaired) electrons. The molecular formula is C12H10BrF2N3O. The summed E-state index contributed by atoms with van der Waals surface area (Å²) < 4.78 is 29.7. The van der Waals surface area contributed by atoms with E-state index in [1.807, 2.05) is 0 Å². The molecule has 0 amide bonds. The van der Waals surface area contributed by atoms with E-state index in [1.165, 1.54) is 6.07 Å². The average molecular weight is 330 g/mol. The van der Waals surface area contributed by atoms with Gasteiger partial charge < -0.3 is 15.8 Å². The second-order valence-corrected chi connectivity index (χ2v) is 4.51. The van der Waals surface area contributed by atoms with Crippen molar-refractivity contribution in [2.45, 2.75) is 6.61 Å². The van der Waals surface area contributed by atoms with E-state index in [-0.39, 0.29) is 5.75 Å². The van der Waals surface area contributed by atoms with Crippen LogP contribution in [0.4, 0.5) is 26.0 Å². The van der Waals surface area contributed by atoms with Gasteiger partial charge in [0.05, 0.1) is 11.4 Å². The van der Waals surface area contributed by atoms with Gasteiger partial charge in [0.15, 0.2) is 5.82 Å². The number of rotatable bonds is 4. The predicted molar refractivity (Wildman–Crippen MR) is 72.7 cm³/mol. The summed E-state index contributed by atoms with van der Waals surface area (Å²) >= 11 is 3.23. The molecule has 0 saturated carbocycles. The fourth-order valence-corrected chi connectivity index (χ4v) is 1.80. The number of nitrogens with one attached hydrogen (secondary N) is 1. The van der Waals surface area contributed by atoms with Gasteiger partial charge in [0.1, 0.15) is 5.75 Å². The molecule has 0 saturated heterocycles. The molecule has 1 aromatic carbocycles. The van der Waals surface area contributed by atoms with Crippen LogP contribution in [0.1, 0.15) is 0 Å². The lowest BCUT2D eigenvalue weighted by Gasteiger charge is -2.13. The maximum Gasteiger partial charge on any atom is 0.387 e. The molecule has 0 aliphatic heterocycles. The number of nitrogens with two attached hydrogens (primary N) is 1. The van der Waals surface area contributed by atoms with Crippen molar-refractivity contribution in [1.82, 2.24) is 4.98 Å². The van der Waals surface area contributed by atoms with E-state index in [1.54, 1.807) is 30.5 Å². The minimum absolute atomic E-state index is 0.0293. The first-order valence-electron chi connectivity index (χ1n) is 5.28. The van der Waals surface area contributed by atoms with E-state index in [9.17, 15) is 8.78 Å². The highest BCUT2D eigenvalue weighted by Gasteiger charge is 2.10. The van der Waals surface area contributed by atoms with Gasteiger partial charge in [0, 0.05) is 10.7 Å². The molecular weight excluding hydrogens is 320 g/mol. The van der Waals surface area contributed by atoms with Gasteiger partial charge in [0.2, 0.25) is 0 Å². The van der Waals surface area contributed by atoms with Gasteiger partial charge in [-0.15, -0.1) is 0 Å². The maximum atomic E-state index is 12.3. The van der Waals surface area contributed by atoms with Crippen LogP contribution in [-0.2, 0) is 0 Å². The molecule has 0 atom stereocenters. The number of pyridine rings is 1. The Labute approximate surface area is 116 Å². The number of nitrogens with zero attached hydrogens (tertiary/aromatic N) is 1. The van der Waals surface area contributed by atoms with Gasteiger partial charge >= 0.3 is 6.61 Å². The molecule has 0 fully saturated rings. The lowest BCUT2D eigenvalue weighted by molar-refractivity contribution is -0.0493. The van der Waals surface area contributed by atoms with Crippen LogP contribution < -0.4 is 15.8 Å². The first-order chi connectivity index (χ1) is 9.06. The SMILES string of the molecule is Nc1cc(Br)cnc1Nc1ccccc1OC(F)F. The molecule has 2 rings (SSSR count). The van der Waals surface area contributed by atoms with Gasteiger partial charge in [-0.1, -0.05) is 12.1 Å². The van der Waals surface area contributed by atoms with E-state index >= 15 is 0 Å². The molecule has 2 aromatic rings. The number of hydrogen-bond donors (Lipinski definition) is 2. The summed E-state index contributed by atoms with van der Waals surface area (Å²) in [5.41, 5.74) is 6.53. The number of alkyl halides is 2. The fraction of sp³-hybridized carbons (Fsp3) is 0.0833. The summed E-state index contributed by atoms with van der Waals surface area (Å²) in [4.78, 5) is 4.07. The molecule has 0 aliphatic carbocycles. The van der Waals surface area contributed by atoms with Crippen molar-refractivity contribution in [2.75, 3.05) is 11.1 Å². The second-order valence-electron chi connectivity index (χ2n) is 3.59. The lowest BCUT2D eigenvalue weighted by Crippen LogP contribution is -2.05. The molecule has 1 heterocycles. The number of nitrogen functional groups attached to an aromatic ring is 1. The van der Waals surface area contributed by atoms with Crippen molar-refractivity contribution in [3.05, 3.63) is 41.0 Å². The first kappa shape index (κ1) is 13.5. The highest BCUT2D eigenvalue weighted by atomic mass is 79.9. The normalized spacial score (nSPS) is 10.5. The minimum atomic E-state index is -2.89. The molecule has 1 aromatic heterocycles. The molecule has 0 unspecified atom stereocenters. The first-order valence-corrected chi connectivity index (χ1v) is 6.07. The van der Waals surface area contributed by atoms with Gasteiger partial charge in [0.25, 0.3) is 0 Å². The molecule has 4 nitrogen and oxygen atoms in total. The highest BCUT2D eigenvalue weighted by Crippen LogP contribution is 2.30. The third kappa shape index (κ3) is 3.54. The number of ether oxygens (including phenoxy) is 1. The molecule has 0 aliphatic rings. The van der Waals surface area contributed by atoms with Crippen LogP contribution in [0.25, 0.3) is 0 Å². The van der Waals surface area contributed by atoms with Crippen molar-refractivity contribution in [2.24, 2.45) is 0 Å². The zero-order valence-corrected chi connectivity index (χ0v) is 11.2. The predicted octanol–water partition coefficient (Wildman–Crippen LogP) is 3.77. The number of anilines is 3. The molecule has 3 N–H and O–H groups in total. The molecule has 0 spiro atoms. The summed E-state index contributed by atoms with van der Waals surface area (Å²) in [6.45, 7) is -2.89. The van der Waals surface area contributed by atoms with E-state index in [2.05, 4.69) is 31.0 Å². The Balaban J connectivity index is 2.27. The van der Waals surface area contributed by atoms with Crippen LogP contribution in [0.2, 0.25) is 0 Å². The largest absolute Gasteiger partial charge is 0.433 e. The molecule has 100 valence electrons. The molecule has 0 bridgehead atoms. The quantitative estimate of drug-likeness (QED) is 0.896. The Morgan fingerprint density at radius 2 is 2.05 bits per heavy atom. The fourth-order valence-electron chi connectivity index (χ4n) is 1.46. The van der Waals surface area contributed by atoms with Gasteiger partial charge in [-0.2, -0.15) is 8.78 Å². The Bertz CT molecular complexity index is 581. The lowest BCUT2D eigenvalue weighted by atomic mass is 10.3. The van der Waals surface area contributed by atoms with Crippen molar-refractivity contribution in [3.8, 4) is 5.75 Å². The number of para-hydroxylation sites is 2. The van der Waals surface area contributed by atoms with Gasteiger partial charge in [-0.3, -0.25) is 0 Å². The average Bonchev–Trinajstić information content (AvgIpc) is 2.34. The highest BCUT2D eigenvalue weighted by molar-refractivity contribution is 9.10. The maximum absolute atomic E-state index is 12.3. The molecule has 7 heteroatoms. The van der Waals surface area contributed by atoms with Crippen LogP contribution in [0.5, 0.6) is 5.75 Å². The van der Waals surface area contributed by atoms with Crippen LogP contribution in [-0.4, -0.2) is 11.6 Å². The van der Waals surface area contributed by atoms with Gasteiger partial charge in [-0.05, 0) is 34.1 Å². The monoisotopic (exact) mass is 329 g/mol. The topological polar surface area (TPSA) is 60.2 Å². The van der Waals surface area contributed by atoms with Crippen molar-refractivity contribution in [1.29, 1.82) is 0 Å². The minimum Gasteiger partial charge on any atom is -0.433 e. The third-order valence-corrected chi connectivity index (χ3v) is 2.67. The zero-order chi connectivity index (χ0) is 13.8. The van der Waals surface area contributed by atoms with E-state index in [0.29, 0.717) is 17.2 Å². The van der Waals surface area contributed by atoms with E-state index < -0.39 is 6.61 Å². The summed E-state index contributed by atoms with van der Waals surface area (Å²) in [6, 6.07) is 7.98. The van der Waals surface area contributed by atoms with Crippen molar-refractivity contribution < 1.29 is 13.5 Å². The molecule has 19 heavy (non-hydrogen) atoms. The number of benzene rings is 1. The second kappa shape index (κ2) is 5.83. The summed E-state index contributed by atoms with van der Waals surface area (Å²) in [7, 11) is 0. The van der Waals surface area contributed by atoms with Crippen molar-refractivity contribution >= 4 is 33.1 Å². The van der Waals surface area contributed by atoms with E-state index in [4.69, 9.17) is 5.73 Å². The number of hydrogen-bond acceptors (Lipinski definition) is 4. The Kier molecular flexibility index (Phi) is 4.16.